The largest absolute Gasteiger partial charge is 0.462 e. The molecule has 9 heteroatoms. The highest BCUT2D eigenvalue weighted by molar-refractivity contribution is 7.89. The van der Waals surface area contributed by atoms with E-state index < -0.39 is 10.0 Å². The van der Waals surface area contributed by atoms with E-state index >= 15 is 0 Å². The molecule has 2 heterocycles. The molecule has 0 saturated carbocycles. The Bertz CT molecular complexity index is 1050. The number of sulfonamides is 1. The average molecular weight is 406 g/mol. The van der Waals surface area contributed by atoms with Crippen LogP contribution in [-0.4, -0.2) is 37.7 Å². The van der Waals surface area contributed by atoms with Gasteiger partial charge in [0.2, 0.25) is 15.9 Å². The Kier molecular flexibility index (Phi) is 5.45. The van der Waals surface area contributed by atoms with Crippen molar-refractivity contribution < 1.29 is 17.6 Å². The maximum absolute atomic E-state index is 12.4. The van der Waals surface area contributed by atoms with E-state index in [4.69, 9.17) is 4.42 Å². The molecule has 0 bridgehead atoms. The zero-order chi connectivity index (χ0) is 19.6. The maximum Gasteiger partial charge on any atom is 0.242 e. The number of hydrogen-bond donors (Lipinski definition) is 1. The van der Waals surface area contributed by atoms with Crippen molar-refractivity contribution in [3.05, 3.63) is 53.2 Å². The predicted octanol–water partition coefficient (Wildman–Crippen LogP) is 3.14. The molecular weight excluding hydrogens is 386 g/mol. The Morgan fingerprint density at radius 3 is 2.74 bits per heavy atom. The van der Waals surface area contributed by atoms with E-state index in [2.05, 4.69) is 10.3 Å². The topological polar surface area (TPSA) is 92.5 Å². The van der Waals surface area contributed by atoms with Crippen molar-refractivity contribution in [1.29, 1.82) is 0 Å². The van der Waals surface area contributed by atoms with Gasteiger partial charge in [0.15, 0.2) is 10.8 Å². The van der Waals surface area contributed by atoms with Crippen molar-refractivity contribution >= 4 is 33.0 Å². The SMILES string of the molecule is Cc1ccc(S(=O)(=O)N(C)C)cc1NC(=O)Cc1csc(-c2ccco2)n1. The Morgan fingerprint density at radius 2 is 2.07 bits per heavy atom. The summed E-state index contributed by atoms with van der Waals surface area (Å²) in [6.07, 6.45) is 1.65. The lowest BCUT2D eigenvalue weighted by atomic mass is 10.2. The number of hydrogen-bond acceptors (Lipinski definition) is 6. The predicted molar refractivity (Wildman–Crippen MR) is 104 cm³/mol. The van der Waals surface area contributed by atoms with Crippen molar-refractivity contribution in [1.82, 2.24) is 9.29 Å². The van der Waals surface area contributed by atoms with Gasteiger partial charge in [0.1, 0.15) is 0 Å². The quantitative estimate of drug-likeness (QED) is 0.680. The number of amides is 1. The number of thiazole rings is 1. The second kappa shape index (κ2) is 7.63. The monoisotopic (exact) mass is 405 g/mol. The maximum atomic E-state index is 12.4. The summed E-state index contributed by atoms with van der Waals surface area (Å²) in [4.78, 5) is 16.9. The van der Waals surface area contributed by atoms with E-state index in [0.29, 0.717) is 22.1 Å². The lowest BCUT2D eigenvalue weighted by Gasteiger charge is -2.14. The zero-order valence-corrected chi connectivity index (χ0v) is 16.7. The first-order valence-corrected chi connectivity index (χ1v) is 10.4. The standard InChI is InChI=1S/C18H19N3O4S2/c1-12-6-7-14(27(23,24)21(2)3)10-15(12)20-17(22)9-13-11-26-18(19-13)16-5-4-8-25-16/h4-8,10-11H,9H2,1-3H3,(H,20,22). The smallest absolute Gasteiger partial charge is 0.242 e. The van der Waals surface area contributed by atoms with Gasteiger partial charge in [-0.25, -0.2) is 17.7 Å². The highest BCUT2D eigenvalue weighted by atomic mass is 32.2. The fourth-order valence-corrected chi connectivity index (χ4v) is 4.08. The molecule has 3 rings (SSSR count). The molecule has 0 unspecified atom stereocenters. The fraction of sp³-hybridized carbons (Fsp3) is 0.222. The molecule has 27 heavy (non-hydrogen) atoms. The molecule has 0 spiro atoms. The van der Waals surface area contributed by atoms with Gasteiger partial charge in [-0.1, -0.05) is 6.07 Å². The third-order valence-electron chi connectivity index (χ3n) is 3.89. The minimum Gasteiger partial charge on any atom is -0.462 e. The second-order valence-electron chi connectivity index (χ2n) is 6.11. The van der Waals surface area contributed by atoms with Gasteiger partial charge in [-0.05, 0) is 36.8 Å². The molecule has 0 fully saturated rings. The number of aromatic nitrogens is 1. The van der Waals surface area contributed by atoms with Gasteiger partial charge < -0.3 is 9.73 Å². The average Bonchev–Trinajstić information content (AvgIpc) is 3.27. The summed E-state index contributed by atoms with van der Waals surface area (Å²) in [5.74, 6) is 0.387. The summed E-state index contributed by atoms with van der Waals surface area (Å²) in [6.45, 7) is 1.81. The number of rotatable bonds is 6. The third kappa shape index (κ3) is 4.26. The van der Waals surface area contributed by atoms with E-state index in [9.17, 15) is 13.2 Å². The Morgan fingerprint density at radius 1 is 1.30 bits per heavy atom. The highest BCUT2D eigenvalue weighted by Gasteiger charge is 2.19. The number of nitrogens with zero attached hydrogens (tertiary/aromatic N) is 2. The molecule has 1 N–H and O–H groups in total. The number of nitrogens with one attached hydrogen (secondary N) is 1. The summed E-state index contributed by atoms with van der Waals surface area (Å²) >= 11 is 1.40. The molecular formula is C18H19N3O4S2. The van der Waals surface area contributed by atoms with Gasteiger partial charge in [0.05, 0.1) is 23.3 Å². The number of carbonyl (C=O) groups is 1. The summed E-state index contributed by atoms with van der Waals surface area (Å²) in [5, 5.41) is 5.28. The van der Waals surface area contributed by atoms with Gasteiger partial charge in [-0.3, -0.25) is 4.79 Å². The minimum atomic E-state index is -3.57. The van der Waals surface area contributed by atoms with Gasteiger partial charge in [0.25, 0.3) is 0 Å². The van der Waals surface area contributed by atoms with Crippen LogP contribution < -0.4 is 5.32 Å². The Hall–Kier alpha value is -2.49. The van der Waals surface area contributed by atoms with E-state index in [-0.39, 0.29) is 17.2 Å². The first-order valence-electron chi connectivity index (χ1n) is 8.08. The van der Waals surface area contributed by atoms with Crippen LogP contribution in [0.25, 0.3) is 10.8 Å². The first kappa shape index (κ1) is 19.3. The second-order valence-corrected chi connectivity index (χ2v) is 9.12. The van der Waals surface area contributed by atoms with E-state index in [1.165, 1.54) is 37.6 Å². The van der Waals surface area contributed by atoms with Gasteiger partial charge in [-0.15, -0.1) is 11.3 Å². The third-order valence-corrected chi connectivity index (χ3v) is 6.60. The van der Waals surface area contributed by atoms with Crippen LogP contribution in [0.15, 0.2) is 51.3 Å². The van der Waals surface area contributed by atoms with Crippen molar-refractivity contribution in [3.63, 3.8) is 0 Å². The van der Waals surface area contributed by atoms with Crippen LogP contribution in [0.3, 0.4) is 0 Å². The van der Waals surface area contributed by atoms with Crippen molar-refractivity contribution in [2.75, 3.05) is 19.4 Å². The fourth-order valence-electron chi connectivity index (χ4n) is 2.37. The number of carbonyl (C=O) groups excluding carboxylic acids is 1. The van der Waals surface area contributed by atoms with Crippen LogP contribution in [0.4, 0.5) is 5.69 Å². The van der Waals surface area contributed by atoms with Crippen LogP contribution in [0, 0.1) is 6.92 Å². The van der Waals surface area contributed by atoms with Crippen LogP contribution in [0.5, 0.6) is 0 Å². The zero-order valence-electron chi connectivity index (χ0n) is 15.1. The number of aryl methyl sites for hydroxylation is 1. The lowest BCUT2D eigenvalue weighted by Crippen LogP contribution is -2.22. The molecule has 1 amide bonds. The van der Waals surface area contributed by atoms with Crippen molar-refractivity contribution in [2.24, 2.45) is 0 Å². The summed E-state index contributed by atoms with van der Waals surface area (Å²) < 4.78 is 31.0. The molecule has 7 nitrogen and oxygen atoms in total. The van der Waals surface area contributed by atoms with Crippen LogP contribution >= 0.6 is 11.3 Å². The summed E-state index contributed by atoms with van der Waals surface area (Å²) in [7, 11) is -0.643. The van der Waals surface area contributed by atoms with E-state index in [1.54, 1.807) is 30.7 Å². The van der Waals surface area contributed by atoms with E-state index in [0.717, 1.165) is 9.87 Å². The number of anilines is 1. The number of benzene rings is 1. The van der Waals surface area contributed by atoms with Gasteiger partial charge in [0, 0.05) is 25.2 Å². The van der Waals surface area contributed by atoms with Crippen molar-refractivity contribution in [3.8, 4) is 10.8 Å². The normalized spacial score (nSPS) is 11.7. The molecule has 142 valence electrons. The van der Waals surface area contributed by atoms with Crippen LogP contribution in [-0.2, 0) is 21.2 Å². The van der Waals surface area contributed by atoms with Gasteiger partial charge >= 0.3 is 0 Å². The molecule has 1 aromatic carbocycles. The summed E-state index contributed by atoms with van der Waals surface area (Å²) in [5.41, 5.74) is 1.86. The minimum absolute atomic E-state index is 0.0846. The Balaban J connectivity index is 1.74. The molecule has 0 radical (unpaired) electrons. The molecule has 0 aliphatic carbocycles. The summed E-state index contributed by atoms with van der Waals surface area (Å²) in [6, 6.07) is 8.25. The molecule has 2 aromatic heterocycles. The molecule has 0 saturated heterocycles. The van der Waals surface area contributed by atoms with E-state index in [1.807, 2.05) is 6.07 Å². The number of furan rings is 1. The molecule has 0 atom stereocenters. The Labute approximate surface area is 161 Å². The lowest BCUT2D eigenvalue weighted by molar-refractivity contribution is -0.115. The molecule has 3 aromatic rings. The molecule has 0 aliphatic heterocycles. The van der Waals surface area contributed by atoms with Crippen molar-refractivity contribution in [2.45, 2.75) is 18.2 Å². The molecule has 0 aliphatic rings. The van der Waals surface area contributed by atoms with Crippen LogP contribution in [0.2, 0.25) is 0 Å². The van der Waals surface area contributed by atoms with Gasteiger partial charge in [-0.2, -0.15) is 0 Å². The first-order chi connectivity index (χ1) is 12.8. The highest BCUT2D eigenvalue weighted by Crippen LogP contribution is 2.25. The van der Waals surface area contributed by atoms with Crippen LogP contribution in [0.1, 0.15) is 11.3 Å².